The molecule has 30 heavy (non-hydrogen) atoms. The van der Waals surface area contributed by atoms with Crippen molar-refractivity contribution >= 4 is 28.4 Å². The van der Waals surface area contributed by atoms with E-state index < -0.39 is 0 Å². The molecule has 0 radical (unpaired) electrons. The third-order valence-electron chi connectivity index (χ3n) is 5.51. The number of benzene rings is 2. The van der Waals surface area contributed by atoms with Crippen LogP contribution in [0.2, 0.25) is 0 Å². The van der Waals surface area contributed by atoms with Gasteiger partial charge in [0.1, 0.15) is 5.82 Å². The van der Waals surface area contributed by atoms with Crippen LogP contribution in [0.1, 0.15) is 19.8 Å². The first kappa shape index (κ1) is 19.8. The van der Waals surface area contributed by atoms with Crippen molar-refractivity contribution in [3.05, 3.63) is 64.7 Å². The highest BCUT2D eigenvalue weighted by atomic mass is 16.6. The van der Waals surface area contributed by atoms with Gasteiger partial charge < -0.3 is 9.64 Å². The number of carbonyl (C=O) groups excluding carboxylic acids is 1. The molecule has 1 aromatic heterocycles. The number of nitrogens with zero attached hydrogens (tertiary/aromatic N) is 3. The third kappa shape index (κ3) is 3.96. The van der Waals surface area contributed by atoms with E-state index >= 15 is 0 Å². The number of carbonyl (C=O) groups is 1. The zero-order valence-corrected chi connectivity index (χ0v) is 16.8. The van der Waals surface area contributed by atoms with Gasteiger partial charge in [0.2, 0.25) is 0 Å². The number of fused-ring (bicyclic) bond motifs is 1. The molecule has 2 heterocycles. The van der Waals surface area contributed by atoms with Crippen molar-refractivity contribution in [1.29, 1.82) is 0 Å². The van der Waals surface area contributed by atoms with Gasteiger partial charge in [-0.2, -0.15) is 0 Å². The van der Waals surface area contributed by atoms with Crippen molar-refractivity contribution < 1.29 is 14.5 Å². The molecule has 0 saturated carbocycles. The Morgan fingerprint density at radius 3 is 2.67 bits per heavy atom. The lowest BCUT2D eigenvalue weighted by atomic mass is 9.97. The molecule has 0 atom stereocenters. The summed E-state index contributed by atoms with van der Waals surface area (Å²) in [5.74, 6) is 0.682. The van der Waals surface area contributed by atoms with Gasteiger partial charge in [-0.3, -0.25) is 14.9 Å². The molecular weight excluding hydrogens is 382 g/mol. The minimum absolute atomic E-state index is 0.0536. The number of rotatable bonds is 5. The number of hydrogen-bond donors (Lipinski definition) is 0. The second kappa shape index (κ2) is 8.49. The Balaban J connectivity index is 1.63. The Bertz CT molecular complexity index is 1090. The number of nitro groups is 1. The summed E-state index contributed by atoms with van der Waals surface area (Å²) in [7, 11) is 0. The minimum Gasteiger partial charge on any atom is -0.466 e. The van der Waals surface area contributed by atoms with E-state index in [0.29, 0.717) is 6.61 Å². The maximum atomic E-state index is 12.0. The summed E-state index contributed by atoms with van der Waals surface area (Å²) in [5, 5.41) is 12.2. The molecule has 154 valence electrons. The number of aromatic nitrogens is 1. The summed E-state index contributed by atoms with van der Waals surface area (Å²) in [6.07, 6.45) is 1.48. The molecule has 0 amide bonds. The van der Waals surface area contributed by atoms with Gasteiger partial charge in [0.25, 0.3) is 5.69 Å². The summed E-state index contributed by atoms with van der Waals surface area (Å²) in [4.78, 5) is 29.9. The van der Waals surface area contributed by atoms with Crippen LogP contribution in [0.3, 0.4) is 0 Å². The molecule has 1 saturated heterocycles. The van der Waals surface area contributed by atoms with Crippen molar-refractivity contribution in [3.8, 4) is 11.1 Å². The second-order valence-corrected chi connectivity index (χ2v) is 7.37. The fourth-order valence-electron chi connectivity index (χ4n) is 3.94. The average Bonchev–Trinajstić information content (AvgIpc) is 2.78. The topological polar surface area (TPSA) is 85.6 Å². The third-order valence-corrected chi connectivity index (χ3v) is 5.51. The molecule has 1 aliphatic rings. The van der Waals surface area contributed by atoms with Crippen molar-refractivity contribution in [2.75, 3.05) is 24.6 Å². The number of pyridine rings is 1. The average molecular weight is 405 g/mol. The molecule has 1 fully saturated rings. The lowest BCUT2D eigenvalue weighted by Gasteiger charge is -2.31. The predicted octanol–water partition coefficient (Wildman–Crippen LogP) is 4.59. The molecule has 2 aromatic carbocycles. The van der Waals surface area contributed by atoms with Crippen LogP contribution in [-0.2, 0) is 9.53 Å². The van der Waals surface area contributed by atoms with Crippen molar-refractivity contribution in [2.45, 2.75) is 19.8 Å². The van der Waals surface area contributed by atoms with Crippen LogP contribution in [-0.4, -0.2) is 35.6 Å². The number of nitro benzene ring substituents is 1. The van der Waals surface area contributed by atoms with E-state index in [1.807, 2.05) is 43.3 Å². The Kier molecular flexibility index (Phi) is 5.61. The molecule has 4 rings (SSSR count). The highest BCUT2D eigenvalue weighted by Crippen LogP contribution is 2.32. The summed E-state index contributed by atoms with van der Waals surface area (Å²) >= 11 is 0. The Labute approximate surface area is 174 Å². The molecule has 0 bridgehead atoms. The molecule has 0 unspecified atom stereocenters. The lowest BCUT2D eigenvalue weighted by Crippen LogP contribution is -2.37. The van der Waals surface area contributed by atoms with Crippen LogP contribution in [0, 0.1) is 16.0 Å². The van der Waals surface area contributed by atoms with Crippen LogP contribution < -0.4 is 4.90 Å². The molecule has 7 heteroatoms. The number of non-ortho nitro benzene ring substituents is 1. The maximum absolute atomic E-state index is 12.0. The van der Waals surface area contributed by atoms with Gasteiger partial charge in [-0.1, -0.05) is 30.3 Å². The van der Waals surface area contributed by atoms with Crippen molar-refractivity contribution in [2.24, 2.45) is 5.92 Å². The molecule has 0 aliphatic carbocycles. The van der Waals surface area contributed by atoms with E-state index in [2.05, 4.69) is 4.90 Å². The highest BCUT2D eigenvalue weighted by molar-refractivity contribution is 5.94. The van der Waals surface area contributed by atoms with E-state index in [9.17, 15) is 14.9 Å². The van der Waals surface area contributed by atoms with Crippen LogP contribution >= 0.6 is 0 Å². The molecule has 0 N–H and O–H groups in total. The quantitative estimate of drug-likeness (QED) is 0.351. The smallest absolute Gasteiger partial charge is 0.309 e. The van der Waals surface area contributed by atoms with Crippen molar-refractivity contribution in [1.82, 2.24) is 4.98 Å². The van der Waals surface area contributed by atoms with E-state index in [1.54, 1.807) is 12.1 Å². The van der Waals surface area contributed by atoms with E-state index in [1.165, 1.54) is 6.07 Å². The highest BCUT2D eigenvalue weighted by Gasteiger charge is 2.26. The monoisotopic (exact) mass is 405 g/mol. The first-order chi connectivity index (χ1) is 14.6. The molecule has 3 aromatic rings. The van der Waals surface area contributed by atoms with E-state index in [0.717, 1.165) is 53.8 Å². The number of ether oxygens (including phenoxy) is 1. The second-order valence-electron chi connectivity index (χ2n) is 7.37. The summed E-state index contributed by atoms with van der Waals surface area (Å²) in [6.45, 7) is 3.71. The number of esters is 1. The Hall–Kier alpha value is -3.48. The zero-order valence-electron chi connectivity index (χ0n) is 16.8. The molecular formula is C23H23N3O4. The van der Waals surface area contributed by atoms with Gasteiger partial charge in [-0.15, -0.1) is 0 Å². The maximum Gasteiger partial charge on any atom is 0.309 e. The predicted molar refractivity (Wildman–Crippen MR) is 115 cm³/mol. The fourth-order valence-corrected chi connectivity index (χ4v) is 3.94. The number of piperidine rings is 1. The van der Waals surface area contributed by atoms with E-state index in [4.69, 9.17) is 9.72 Å². The van der Waals surface area contributed by atoms with Crippen LogP contribution in [0.4, 0.5) is 11.5 Å². The van der Waals surface area contributed by atoms with Crippen LogP contribution in [0.15, 0.2) is 54.6 Å². The Morgan fingerprint density at radius 2 is 1.93 bits per heavy atom. The van der Waals surface area contributed by atoms with Gasteiger partial charge in [-0.25, -0.2) is 4.98 Å². The van der Waals surface area contributed by atoms with Gasteiger partial charge >= 0.3 is 5.97 Å². The minimum atomic E-state index is -0.388. The van der Waals surface area contributed by atoms with Gasteiger partial charge in [-0.05, 0) is 37.5 Å². The van der Waals surface area contributed by atoms with Gasteiger partial charge in [0, 0.05) is 36.2 Å². The first-order valence-corrected chi connectivity index (χ1v) is 10.1. The lowest BCUT2D eigenvalue weighted by molar-refractivity contribution is -0.384. The molecule has 1 aliphatic heterocycles. The standard InChI is InChI=1S/C23H23N3O4/c1-2-30-23(27)17-11-13-25(14-12-17)21-10-9-16-5-4-8-20(22(16)24-21)18-6-3-7-19(15-18)26(28)29/h3-10,15,17H,2,11-14H2,1H3. The fraction of sp³-hybridized carbons (Fsp3) is 0.304. The number of hydrogen-bond acceptors (Lipinski definition) is 6. The zero-order chi connectivity index (χ0) is 21.1. The van der Waals surface area contributed by atoms with Crippen molar-refractivity contribution in [3.63, 3.8) is 0 Å². The summed E-state index contributed by atoms with van der Waals surface area (Å²) < 4.78 is 5.15. The Morgan fingerprint density at radius 1 is 1.17 bits per heavy atom. The van der Waals surface area contributed by atoms with Crippen LogP contribution in [0.25, 0.3) is 22.0 Å². The largest absolute Gasteiger partial charge is 0.466 e. The van der Waals surface area contributed by atoms with E-state index in [-0.39, 0.29) is 22.5 Å². The normalized spacial score (nSPS) is 14.6. The van der Waals surface area contributed by atoms with Crippen LogP contribution in [0.5, 0.6) is 0 Å². The molecule has 0 spiro atoms. The SMILES string of the molecule is CCOC(=O)C1CCN(c2ccc3cccc(-c4cccc([N+](=O)[O-])c4)c3n2)CC1. The summed E-state index contributed by atoms with van der Waals surface area (Å²) in [6, 6.07) is 16.5. The van der Waals surface area contributed by atoms with Gasteiger partial charge in [0.05, 0.1) is 23.0 Å². The van der Waals surface area contributed by atoms with Gasteiger partial charge in [0.15, 0.2) is 0 Å². The number of para-hydroxylation sites is 1. The first-order valence-electron chi connectivity index (χ1n) is 10.1. The number of anilines is 1. The summed E-state index contributed by atoms with van der Waals surface area (Å²) in [5.41, 5.74) is 2.49. The molecule has 7 nitrogen and oxygen atoms in total.